The summed E-state index contributed by atoms with van der Waals surface area (Å²) >= 11 is 0. The van der Waals surface area contributed by atoms with Crippen molar-refractivity contribution in [2.45, 2.75) is 39.2 Å². The summed E-state index contributed by atoms with van der Waals surface area (Å²) < 4.78 is 21.4. The van der Waals surface area contributed by atoms with Crippen LogP contribution >= 0.6 is 0 Å². The second-order valence-electron chi connectivity index (χ2n) is 9.29. The van der Waals surface area contributed by atoms with Crippen molar-refractivity contribution >= 4 is 17.6 Å². The lowest BCUT2D eigenvalue weighted by atomic mass is 9.92. The van der Waals surface area contributed by atoms with Gasteiger partial charge in [0, 0.05) is 43.0 Å². The number of rotatable bonds is 7. The van der Waals surface area contributed by atoms with Crippen LogP contribution in [-0.4, -0.2) is 39.1 Å². The van der Waals surface area contributed by atoms with Crippen LogP contribution in [0.4, 0.5) is 4.39 Å². The first-order valence-corrected chi connectivity index (χ1v) is 11.2. The van der Waals surface area contributed by atoms with E-state index in [0.29, 0.717) is 24.2 Å². The topological polar surface area (TPSA) is 110 Å². The number of nitrogens with zero attached hydrogens (tertiary/aromatic N) is 5. The van der Waals surface area contributed by atoms with Gasteiger partial charge in [-0.1, -0.05) is 44.1 Å². The minimum atomic E-state index is -0.435. The summed E-state index contributed by atoms with van der Waals surface area (Å²) in [6.45, 7) is 6.45. The summed E-state index contributed by atoms with van der Waals surface area (Å²) in [6.07, 6.45) is 7.67. The molecule has 35 heavy (non-hydrogen) atoms. The molecule has 0 spiro atoms. The van der Waals surface area contributed by atoms with E-state index < -0.39 is 5.91 Å². The van der Waals surface area contributed by atoms with Gasteiger partial charge < -0.3 is 15.2 Å². The Morgan fingerprint density at radius 3 is 2.86 bits per heavy atom. The number of benzene rings is 1. The van der Waals surface area contributed by atoms with Gasteiger partial charge >= 0.3 is 0 Å². The van der Waals surface area contributed by atoms with Gasteiger partial charge in [0.2, 0.25) is 5.76 Å². The minimum Gasteiger partial charge on any atom is -0.351 e. The highest BCUT2D eigenvalue weighted by Crippen LogP contribution is 2.21. The molecule has 0 saturated carbocycles. The molecule has 1 aromatic carbocycles. The first-order valence-electron chi connectivity index (χ1n) is 11.2. The number of hydrogen-bond acceptors (Lipinski definition) is 6. The van der Waals surface area contributed by atoms with Crippen molar-refractivity contribution in [3.8, 4) is 0 Å². The molecule has 0 saturated heterocycles. The smallest absolute Gasteiger partial charge is 0.290 e. The maximum Gasteiger partial charge on any atom is 0.290 e. The highest BCUT2D eigenvalue weighted by atomic mass is 19.1. The predicted octanol–water partition coefficient (Wildman–Crippen LogP) is 3.28. The third-order valence-corrected chi connectivity index (χ3v) is 5.38. The van der Waals surface area contributed by atoms with Gasteiger partial charge in [0.25, 0.3) is 5.91 Å². The Labute approximate surface area is 202 Å². The Kier molecular flexibility index (Phi) is 6.90. The molecule has 10 heteroatoms. The van der Waals surface area contributed by atoms with Crippen molar-refractivity contribution in [1.82, 2.24) is 25.6 Å². The third-order valence-electron chi connectivity index (χ3n) is 5.38. The second-order valence-corrected chi connectivity index (χ2v) is 9.29. The molecule has 0 aliphatic carbocycles. The van der Waals surface area contributed by atoms with Gasteiger partial charge in [-0.2, -0.15) is 5.10 Å². The molecular weight excluding hydrogens is 449 g/mol. The number of allylic oxidation sites excluding steroid dienone is 1. The molecule has 0 fully saturated rings. The van der Waals surface area contributed by atoms with E-state index in [4.69, 9.17) is 4.52 Å². The van der Waals surface area contributed by atoms with Gasteiger partial charge in [-0.3, -0.25) is 14.5 Å². The Hall–Kier alpha value is -4.08. The molecular formula is C25H28FN7O2. The SMILES string of the molecule is Cn1cc(C2=NCC(=N/C=C\Cc3ccc(CNC(=O)c4cc(C(C)(C)C)no4)c(F)c3)N2)cn1. The van der Waals surface area contributed by atoms with Crippen LogP contribution in [0.3, 0.4) is 0 Å². The molecule has 3 heterocycles. The lowest BCUT2D eigenvalue weighted by Crippen LogP contribution is -2.25. The van der Waals surface area contributed by atoms with Crippen LogP contribution in [0.25, 0.3) is 0 Å². The van der Waals surface area contributed by atoms with Crippen molar-refractivity contribution in [2.24, 2.45) is 17.0 Å². The van der Waals surface area contributed by atoms with Crippen LogP contribution in [0, 0.1) is 5.82 Å². The number of hydrogen-bond donors (Lipinski definition) is 2. The minimum absolute atomic E-state index is 0.0466. The zero-order chi connectivity index (χ0) is 25.0. The Balaban J connectivity index is 1.27. The zero-order valence-electron chi connectivity index (χ0n) is 20.2. The van der Waals surface area contributed by atoms with Crippen LogP contribution in [-0.2, 0) is 25.4 Å². The summed E-state index contributed by atoms with van der Waals surface area (Å²) in [5.41, 5.74) is 2.54. The highest BCUT2D eigenvalue weighted by molar-refractivity contribution is 6.14. The molecule has 0 bridgehead atoms. The maximum atomic E-state index is 14.6. The third kappa shape index (κ3) is 6.08. The van der Waals surface area contributed by atoms with Crippen LogP contribution in [0.15, 0.2) is 63.4 Å². The number of amidine groups is 2. The largest absolute Gasteiger partial charge is 0.351 e. The number of aromatic nitrogens is 3. The number of amides is 1. The molecule has 3 aromatic rings. The quantitative estimate of drug-likeness (QED) is 0.543. The fraction of sp³-hybridized carbons (Fsp3) is 0.320. The summed E-state index contributed by atoms with van der Waals surface area (Å²) in [7, 11) is 1.85. The Bertz CT molecular complexity index is 1310. The van der Waals surface area contributed by atoms with Crippen LogP contribution in [0.1, 0.15) is 53.7 Å². The molecule has 1 aliphatic heterocycles. The normalized spacial score (nSPS) is 15.0. The van der Waals surface area contributed by atoms with E-state index in [9.17, 15) is 9.18 Å². The summed E-state index contributed by atoms with van der Waals surface area (Å²) in [5.74, 6) is 0.761. The molecule has 0 atom stereocenters. The van der Waals surface area contributed by atoms with Gasteiger partial charge in [-0.25, -0.2) is 9.38 Å². The van der Waals surface area contributed by atoms with Crippen LogP contribution < -0.4 is 10.6 Å². The molecule has 4 rings (SSSR count). The molecule has 0 radical (unpaired) electrons. The number of aryl methyl sites for hydroxylation is 1. The molecule has 2 aromatic heterocycles. The van der Waals surface area contributed by atoms with Gasteiger partial charge in [-0.05, 0) is 18.1 Å². The Morgan fingerprint density at radius 1 is 1.34 bits per heavy atom. The van der Waals surface area contributed by atoms with E-state index in [-0.39, 0.29) is 23.5 Å². The van der Waals surface area contributed by atoms with Crippen molar-refractivity contribution in [2.75, 3.05) is 6.54 Å². The summed E-state index contributed by atoms with van der Waals surface area (Å²) in [6, 6.07) is 6.56. The second kappa shape index (κ2) is 10.0. The van der Waals surface area contributed by atoms with E-state index in [1.165, 1.54) is 6.07 Å². The van der Waals surface area contributed by atoms with Crippen molar-refractivity contribution in [1.29, 1.82) is 0 Å². The molecule has 182 valence electrons. The van der Waals surface area contributed by atoms with E-state index in [1.807, 2.05) is 46.2 Å². The first-order chi connectivity index (χ1) is 16.7. The van der Waals surface area contributed by atoms with E-state index in [2.05, 4.69) is 30.9 Å². The molecule has 9 nitrogen and oxygen atoms in total. The number of halogens is 1. The predicted molar refractivity (Wildman–Crippen MR) is 131 cm³/mol. The number of carbonyl (C=O) groups is 1. The van der Waals surface area contributed by atoms with Crippen LogP contribution in [0.5, 0.6) is 0 Å². The number of aliphatic imine (C=N–C) groups is 2. The average Bonchev–Trinajstić information content (AvgIpc) is 3.56. The monoisotopic (exact) mass is 477 g/mol. The molecule has 0 unspecified atom stereocenters. The lowest BCUT2D eigenvalue weighted by molar-refractivity contribution is 0.0913. The first kappa shape index (κ1) is 24.1. The van der Waals surface area contributed by atoms with E-state index in [1.54, 1.807) is 29.2 Å². The molecule has 1 amide bonds. The average molecular weight is 478 g/mol. The zero-order valence-corrected chi connectivity index (χ0v) is 20.2. The fourth-order valence-corrected chi connectivity index (χ4v) is 3.34. The van der Waals surface area contributed by atoms with Crippen molar-refractivity contribution < 1.29 is 13.7 Å². The lowest BCUT2D eigenvalue weighted by Gasteiger charge is -2.12. The maximum absolute atomic E-state index is 14.6. The molecule has 1 aliphatic rings. The fourth-order valence-electron chi connectivity index (χ4n) is 3.34. The van der Waals surface area contributed by atoms with Gasteiger partial charge in [0.1, 0.15) is 17.5 Å². The Morgan fingerprint density at radius 2 is 2.17 bits per heavy atom. The van der Waals surface area contributed by atoms with E-state index in [0.717, 1.165) is 22.8 Å². The highest BCUT2D eigenvalue weighted by Gasteiger charge is 2.22. The summed E-state index contributed by atoms with van der Waals surface area (Å²) in [4.78, 5) is 21.1. The standard InChI is InChI=1S/C25H28FN7O2/c1-25(2,3)21-11-20(35-32-21)24(34)29-12-17-8-7-16(10-19(17)26)6-5-9-27-22-14-28-23(31-22)18-13-30-33(4)15-18/h5,7-11,13,15H,6,12,14H2,1-4H3,(H,29,34)(H,27,28,31)/b9-5-. The van der Waals surface area contributed by atoms with Crippen molar-refractivity contribution in [3.05, 3.63) is 82.9 Å². The van der Waals surface area contributed by atoms with Gasteiger partial charge in [0.15, 0.2) is 0 Å². The molecule has 2 N–H and O–H groups in total. The number of carbonyl (C=O) groups excluding carboxylic acids is 1. The van der Waals surface area contributed by atoms with Gasteiger partial charge in [-0.15, -0.1) is 0 Å². The number of nitrogens with one attached hydrogen (secondary N) is 2. The van der Waals surface area contributed by atoms with Crippen LogP contribution in [0.2, 0.25) is 0 Å². The van der Waals surface area contributed by atoms with Crippen molar-refractivity contribution in [3.63, 3.8) is 0 Å². The summed E-state index contributed by atoms with van der Waals surface area (Å²) in [5, 5.41) is 13.9. The van der Waals surface area contributed by atoms with E-state index >= 15 is 0 Å². The van der Waals surface area contributed by atoms with Gasteiger partial charge in [0.05, 0.1) is 24.0 Å².